The van der Waals surface area contributed by atoms with Gasteiger partial charge in [-0.3, -0.25) is 10.8 Å². The third-order valence-electron chi connectivity index (χ3n) is 1.69. The zero-order chi connectivity index (χ0) is 12.0. The Labute approximate surface area is 107 Å². The van der Waals surface area contributed by atoms with E-state index in [1.54, 1.807) is 11.3 Å². The minimum absolute atomic E-state index is 0.155. The Hall–Kier alpha value is -0.660. The van der Waals surface area contributed by atoms with Crippen molar-refractivity contribution in [1.82, 2.24) is 0 Å². The van der Waals surface area contributed by atoms with Gasteiger partial charge in [-0.2, -0.15) is 0 Å². The largest absolute Gasteiger partial charge is 0.379 e. The molecular weight excluding hydrogens is 260 g/mol. The van der Waals surface area contributed by atoms with E-state index in [4.69, 9.17) is 22.3 Å². The van der Waals surface area contributed by atoms with Gasteiger partial charge in [0, 0.05) is 21.3 Å². The van der Waals surface area contributed by atoms with Crippen LogP contribution < -0.4 is 11.5 Å². The number of rotatable bonds is 5. The molecule has 0 aliphatic carbocycles. The van der Waals surface area contributed by atoms with Gasteiger partial charge < -0.3 is 11.5 Å². The second-order valence-electron chi connectivity index (χ2n) is 2.98. The van der Waals surface area contributed by atoms with Crippen molar-refractivity contribution in [3.63, 3.8) is 0 Å². The van der Waals surface area contributed by atoms with Crippen molar-refractivity contribution in [1.29, 1.82) is 10.8 Å². The quantitative estimate of drug-likeness (QED) is 0.487. The fourth-order valence-electron chi connectivity index (χ4n) is 1.04. The Morgan fingerprint density at radius 3 is 2.38 bits per heavy atom. The normalized spacial score (nSPS) is 10.2. The van der Waals surface area contributed by atoms with Gasteiger partial charge in [0.25, 0.3) is 0 Å². The maximum absolute atomic E-state index is 7.11. The fraction of sp³-hybridized carbons (Fsp3) is 0.333. The average molecular weight is 274 g/mol. The van der Waals surface area contributed by atoms with Gasteiger partial charge in [-0.25, -0.2) is 0 Å². The SMILES string of the molecule is N=C(N)SCCc1ccc(CSC(=N)N)s1. The molecule has 0 amide bonds. The van der Waals surface area contributed by atoms with Crippen molar-refractivity contribution < 1.29 is 0 Å². The van der Waals surface area contributed by atoms with Gasteiger partial charge >= 0.3 is 0 Å². The fourth-order valence-corrected chi connectivity index (χ4v) is 3.34. The molecule has 0 spiro atoms. The topological polar surface area (TPSA) is 99.7 Å². The highest BCUT2D eigenvalue weighted by Gasteiger charge is 2.02. The summed E-state index contributed by atoms with van der Waals surface area (Å²) in [5.41, 5.74) is 10.5. The van der Waals surface area contributed by atoms with E-state index in [2.05, 4.69) is 12.1 Å². The Morgan fingerprint density at radius 2 is 1.75 bits per heavy atom. The molecule has 0 unspecified atom stereocenters. The highest BCUT2D eigenvalue weighted by molar-refractivity contribution is 8.13. The predicted molar refractivity (Wildman–Crippen MR) is 75.6 cm³/mol. The van der Waals surface area contributed by atoms with Crippen LogP contribution in [0.5, 0.6) is 0 Å². The van der Waals surface area contributed by atoms with Crippen molar-refractivity contribution in [2.24, 2.45) is 11.5 Å². The Balaban J connectivity index is 2.33. The highest BCUT2D eigenvalue weighted by Crippen LogP contribution is 2.22. The number of amidine groups is 2. The third kappa shape index (κ3) is 5.43. The summed E-state index contributed by atoms with van der Waals surface area (Å²) < 4.78 is 0. The number of nitrogens with one attached hydrogen (secondary N) is 2. The zero-order valence-electron chi connectivity index (χ0n) is 8.66. The van der Waals surface area contributed by atoms with Gasteiger partial charge in [0.05, 0.1) is 0 Å². The first kappa shape index (κ1) is 13.4. The van der Waals surface area contributed by atoms with E-state index < -0.39 is 0 Å². The number of nitrogens with two attached hydrogens (primary N) is 2. The highest BCUT2D eigenvalue weighted by atomic mass is 32.2. The summed E-state index contributed by atoms with van der Waals surface area (Å²) >= 11 is 4.43. The van der Waals surface area contributed by atoms with E-state index in [0.717, 1.165) is 17.9 Å². The summed E-state index contributed by atoms with van der Waals surface area (Å²) in [4.78, 5) is 2.51. The van der Waals surface area contributed by atoms with E-state index >= 15 is 0 Å². The Bertz CT molecular complexity index is 375. The molecule has 6 N–H and O–H groups in total. The van der Waals surface area contributed by atoms with Crippen LogP contribution in [0.1, 0.15) is 9.75 Å². The maximum Gasteiger partial charge on any atom is 0.151 e. The van der Waals surface area contributed by atoms with Crippen LogP contribution in [0.15, 0.2) is 12.1 Å². The van der Waals surface area contributed by atoms with Gasteiger partial charge in [0.2, 0.25) is 0 Å². The minimum atomic E-state index is 0.155. The molecule has 0 aromatic carbocycles. The molecule has 0 aliphatic rings. The van der Waals surface area contributed by atoms with E-state index in [1.165, 1.54) is 33.3 Å². The van der Waals surface area contributed by atoms with E-state index in [9.17, 15) is 0 Å². The van der Waals surface area contributed by atoms with Crippen LogP contribution in [-0.2, 0) is 12.2 Å². The summed E-state index contributed by atoms with van der Waals surface area (Å²) in [6, 6.07) is 4.15. The van der Waals surface area contributed by atoms with Gasteiger partial charge in [-0.05, 0) is 18.6 Å². The first-order chi connectivity index (χ1) is 7.58. The first-order valence-corrected chi connectivity index (χ1v) is 7.38. The van der Waals surface area contributed by atoms with Crippen molar-refractivity contribution in [2.75, 3.05) is 5.75 Å². The molecule has 1 aromatic rings. The summed E-state index contributed by atoms with van der Waals surface area (Å²) in [6.45, 7) is 0. The summed E-state index contributed by atoms with van der Waals surface area (Å²) in [5, 5.41) is 14.5. The van der Waals surface area contributed by atoms with Crippen LogP contribution in [0.3, 0.4) is 0 Å². The molecule has 0 bridgehead atoms. The number of thiophene rings is 1. The second kappa shape index (κ2) is 6.82. The van der Waals surface area contributed by atoms with Crippen LogP contribution in [0, 0.1) is 10.8 Å². The third-order valence-corrected chi connectivity index (χ3v) is 4.51. The Kier molecular flexibility index (Phi) is 5.72. The van der Waals surface area contributed by atoms with Gasteiger partial charge in [-0.15, -0.1) is 11.3 Å². The van der Waals surface area contributed by atoms with Crippen LogP contribution in [-0.4, -0.2) is 16.1 Å². The molecule has 4 nitrogen and oxygen atoms in total. The number of hydrogen-bond acceptors (Lipinski definition) is 5. The average Bonchev–Trinajstić information content (AvgIpc) is 2.62. The smallest absolute Gasteiger partial charge is 0.151 e. The van der Waals surface area contributed by atoms with Crippen molar-refractivity contribution >= 4 is 45.2 Å². The van der Waals surface area contributed by atoms with Crippen molar-refractivity contribution in [3.05, 3.63) is 21.9 Å². The number of thioether (sulfide) groups is 2. The van der Waals surface area contributed by atoms with Crippen molar-refractivity contribution in [3.8, 4) is 0 Å². The van der Waals surface area contributed by atoms with E-state index in [0.29, 0.717) is 0 Å². The molecule has 7 heteroatoms. The molecule has 88 valence electrons. The summed E-state index contributed by atoms with van der Waals surface area (Å²) in [6.07, 6.45) is 0.930. The monoisotopic (exact) mass is 274 g/mol. The predicted octanol–water partition coefficient (Wildman–Crippen LogP) is 2.04. The van der Waals surface area contributed by atoms with Gasteiger partial charge in [-0.1, -0.05) is 23.5 Å². The minimum Gasteiger partial charge on any atom is -0.379 e. The van der Waals surface area contributed by atoms with E-state index in [1.807, 2.05) is 0 Å². The summed E-state index contributed by atoms with van der Waals surface area (Å²) in [5.74, 6) is 1.61. The molecule has 1 heterocycles. The molecule has 0 fully saturated rings. The lowest BCUT2D eigenvalue weighted by Crippen LogP contribution is -2.05. The lowest BCUT2D eigenvalue weighted by molar-refractivity contribution is 1.21. The summed E-state index contributed by atoms with van der Waals surface area (Å²) in [7, 11) is 0. The van der Waals surface area contributed by atoms with Crippen LogP contribution in [0.4, 0.5) is 0 Å². The zero-order valence-corrected chi connectivity index (χ0v) is 11.1. The number of aryl methyl sites for hydroxylation is 1. The lowest BCUT2D eigenvalue weighted by Gasteiger charge is -1.97. The van der Waals surface area contributed by atoms with Gasteiger partial charge in [0.15, 0.2) is 10.3 Å². The number of hydrogen-bond donors (Lipinski definition) is 4. The molecule has 0 aliphatic heterocycles. The van der Waals surface area contributed by atoms with Gasteiger partial charge in [0.1, 0.15) is 0 Å². The maximum atomic E-state index is 7.11. The van der Waals surface area contributed by atoms with Crippen LogP contribution in [0.25, 0.3) is 0 Å². The van der Waals surface area contributed by atoms with Crippen LogP contribution in [0.2, 0.25) is 0 Å². The molecule has 16 heavy (non-hydrogen) atoms. The lowest BCUT2D eigenvalue weighted by atomic mass is 10.4. The second-order valence-corrected chi connectivity index (χ2v) is 6.39. The molecule has 0 atom stereocenters. The first-order valence-electron chi connectivity index (χ1n) is 4.59. The Morgan fingerprint density at radius 1 is 1.12 bits per heavy atom. The molecule has 1 rings (SSSR count). The van der Waals surface area contributed by atoms with Crippen LogP contribution >= 0.6 is 34.9 Å². The van der Waals surface area contributed by atoms with Crippen molar-refractivity contribution in [2.45, 2.75) is 12.2 Å². The molecular formula is C9H14N4S3. The molecule has 1 aromatic heterocycles. The van der Waals surface area contributed by atoms with E-state index in [-0.39, 0.29) is 10.3 Å². The molecule has 0 radical (unpaired) electrons. The molecule has 0 saturated carbocycles. The standard InChI is InChI=1S/C9H14N4S3/c10-8(11)14-4-3-6-1-2-7(16-6)5-15-9(12)13/h1-2H,3-5H2,(H3,10,11)(H3,12,13). The molecule has 0 saturated heterocycles.